The molecule has 0 unspecified atom stereocenters. The second-order valence-electron chi connectivity index (χ2n) is 6.83. The van der Waals surface area contributed by atoms with E-state index in [1.54, 1.807) is 11.8 Å². The van der Waals surface area contributed by atoms with E-state index in [1.165, 1.54) is 4.90 Å². The van der Waals surface area contributed by atoms with Gasteiger partial charge in [0.15, 0.2) is 0 Å². The molecule has 1 amide bonds. The van der Waals surface area contributed by atoms with Crippen LogP contribution in [0.3, 0.4) is 0 Å². The van der Waals surface area contributed by atoms with Gasteiger partial charge in [-0.05, 0) is 48.5 Å². The lowest BCUT2D eigenvalue weighted by molar-refractivity contribution is 0.102. The largest absolute Gasteiger partial charge is 0.338 e. The minimum atomic E-state index is -0.122. The van der Waals surface area contributed by atoms with Gasteiger partial charge in [-0.15, -0.1) is 11.8 Å². The number of para-hydroxylation sites is 2. The summed E-state index contributed by atoms with van der Waals surface area (Å²) in [6.45, 7) is 4.31. The molecule has 4 rings (SSSR count). The fourth-order valence-corrected chi connectivity index (χ4v) is 3.83. The van der Waals surface area contributed by atoms with E-state index in [1.807, 2.05) is 72.8 Å². The second kappa shape index (κ2) is 7.90. The van der Waals surface area contributed by atoms with Gasteiger partial charge in [0, 0.05) is 27.0 Å². The van der Waals surface area contributed by atoms with E-state index >= 15 is 0 Å². The number of aromatic nitrogens is 2. The molecule has 5 heteroatoms. The van der Waals surface area contributed by atoms with E-state index in [9.17, 15) is 4.79 Å². The molecule has 0 aliphatic rings. The number of benzene rings is 3. The summed E-state index contributed by atoms with van der Waals surface area (Å²) in [4.78, 5) is 21.7. The van der Waals surface area contributed by atoms with Crippen molar-refractivity contribution in [3.8, 4) is 11.4 Å². The molecular formula is C23H21N3OS. The third kappa shape index (κ3) is 4.10. The Labute approximate surface area is 168 Å². The normalized spacial score (nSPS) is 11.1. The van der Waals surface area contributed by atoms with Crippen LogP contribution in [-0.4, -0.2) is 21.1 Å². The molecule has 140 valence electrons. The number of hydrogen-bond donors (Lipinski definition) is 2. The minimum Gasteiger partial charge on any atom is -0.338 e. The SMILES string of the molecule is CC(C)Sc1ccc(C(=O)Nc2cccc(-c3nc4ccccc4[nH]3)c2)cc1. The molecule has 0 saturated carbocycles. The first-order valence-corrected chi connectivity index (χ1v) is 10.1. The number of fused-ring (bicyclic) bond motifs is 1. The number of carbonyl (C=O) groups excluding carboxylic acids is 1. The van der Waals surface area contributed by atoms with Crippen molar-refractivity contribution in [1.82, 2.24) is 9.97 Å². The molecule has 1 heterocycles. The Balaban J connectivity index is 1.52. The molecule has 0 atom stereocenters. The summed E-state index contributed by atoms with van der Waals surface area (Å²) in [6, 6.07) is 23.3. The van der Waals surface area contributed by atoms with Gasteiger partial charge in [0.05, 0.1) is 11.0 Å². The number of amides is 1. The second-order valence-corrected chi connectivity index (χ2v) is 8.48. The predicted octanol–water partition coefficient (Wildman–Crippen LogP) is 5.98. The number of thioether (sulfide) groups is 1. The molecule has 28 heavy (non-hydrogen) atoms. The number of carbonyl (C=O) groups is 1. The van der Waals surface area contributed by atoms with Crippen LogP contribution in [0.2, 0.25) is 0 Å². The van der Waals surface area contributed by atoms with E-state index in [0.717, 1.165) is 28.1 Å². The predicted molar refractivity (Wildman–Crippen MR) is 117 cm³/mol. The average molecular weight is 388 g/mol. The fraction of sp³-hybridized carbons (Fsp3) is 0.130. The summed E-state index contributed by atoms with van der Waals surface area (Å²) >= 11 is 1.78. The zero-order valence-electron chi connectivity index (χ0n) is 15.8. The van der Waals surface area contributed by atoms with E-state index in [4.69, 9.17) is 0 Å². The zero-order chi connectivity index (χ0) is 19.5. The lowest BCUT2D eigenvalue weighted by Gasteiger charge is -2.08. The molecule has 4 nitrogen and oxygen atoms in total. The Bertz CT molecular complexity index is 1080. The van der Waals surface area contributed by atoms with Gasteiger partial charge in [0.1, 0.15) is 5.82 Å². The molecule has 4 aromatic rings. The van der Waals surface area contributed by atoms with Crippen LogP contribution in [-0.2, 0) is 0 Å². The van der Waals surface area contributed by atoms with Gasteiger partial charge in [0.25, 0.3) is 5.91 Å². The highest BCUT2D eigenvalue weighted by Crippen LogP contribution is 2.25. The van der Waals surface area contributed by atoms with Gasteiger partial charge < -0.3 is 10.3 Å². The van der Waals surface area contributed by atoms with Crippen LogP contribution in [0.25, 0.3) is 22.4 Å². The Morgan fingerprint density at radius 1 is 1.00 bits per heavy atom. The van der Waals surface area contributed by atoms with Crippen molar-refractivity contribution in [2.24, 2.45) is 0 Å². The van der Waals surface area contributed by atoms with Gasteiger partial charge in [-0.3, -0.25) is 4.79 Å². The number of anilines is 1. The van der Waals surface area contributed by atoms with Crippen LogP contribution in [0.1, 0.15) is 24.2 Å². The van der Waals surface area contributed by atoms with Crippen molar-refractivity contribution in [3.63, 3.8) is 0 Å². The molecule has 0 fully saturated rings. The molecule has 0 aliphatic carbocycles. The van der Waals surface area contributed by atoms with Crippen molar-refractivity contribution < 1.29 is 4.79 Å². The lowest BCUT2D eigenvalue weighted by atomic mass is 10.1. The average Bonchev–Trinajstić information content (AvgIpc) is 3.12. The van der Waals surface area contributed by atoms with Gasteiger partial charge in [-0.1, -0.05) is 38.1 Å². The van der Waals surface area contributed by atoms with E-state index < -0.39 is 0 Å². The standard InChI is InChI=1S/C23H21N3OS/c1-15(2)28-19-12-10-16(11-13-19)23(27)24-18-7-5-6-17(14-18)22-25-20-8-3-4-9-21(20)26-22/h3-15H,1-2H3,(H,24,27)(H,25,26). The molecule has 0 bridgehead atoms. The molecule has 3 aromatic carbocycles. The highest BCUT2D eigenvalue weighted by atomic mass is 32.2. The summed E-state index contributed by atoms with van der Waals surface area (Å²) in [5.74, 6) is 0.662. The maximum atomic E-state index is 12.6. The van der Waals surface area contributed by atoms with Crippen molar-refractivity contribution in [1.29, 1.82) is 0 Å². The fourth-order valence-electron chi connectivity index (χ4n) is 2.99. The smallest absolute Gasteiger partial charge is 0.255 e. The monoisotopic (exact) mass is 387 g/mol. The summed E-state index contributed by atoms with van der Waals surface area (Å²) in [5.41, 5.74) is 4.22. The summed E-state index contributed by atoms with van der Waals surface area (Å²) in [7, 11) is 0. The molecule has 0 radical (unpaired) electrons. The van der Waals surface area contributed by atoms with Gasteiger partial charge in [-0.25, -0.2) is 4.98 Å². The van der Waals surface area contributed by atoms with E-state index in [-0.39, 0.29) is 5.91 Å². The Hall–Kier alpha value is -3.05. The maximum Gasteiger partial charge on any atom is 0.255 e. The first kappa shape index (κ1) is 18.3. The van der Waals surface area contributed by atoms with Crippen LogP contribution >= 0.6 is 11.8 Å². The Kier molecular flexibility index (Phi) is 5.17. The van der Waals surface area contributed by atoms with Crippen LogP contribution < -0.4 is 5.32 Å². The first-order valence-electron chi connectivity index (χ1n) is 9.22. The summed E-state index contributed by atoms with van der Waals surface area (Å²) < 4.78 is 0. The van der Waals surface area contributed by atoms with Crippen molar-refractivity contribution in [2.75, 3.05) is 5.32 Å². The number of nitrogens with one attached hydrogen (secondary N) is 2. The van der Waals surface area contributed by atoms with Crippen molar-refractivity contribution in [3.05, 3.63) is 78.4 Å². The van der Waals surface area contributed by atoms with Gasteiger partial charge in [0.2, 0.25) is 0 Å². The Morgan fingerprint density at radius 2 is 1.79 bits per heavy atom. The minimum absolute atomic E-state index is 0.122. The first-order chi connectivity index (χ1) is 13.6. The number of hydrogen-bond acceptors (Lipinski definition) is 3. The van der Waals surface area contributed by atoms with E-state index in [0.29, 0.717) is 10.8 Å². The topological polar surface area (TPSA) is 57.8 Å². The lowest BCUT2D eigenvalue weighted by Crippen LogP contribution is -2.11. The molecular weight excluding hydrogens is 366 g/mol. The maximum absolute atomic E-state index is 12.6. The van der Waals surface area contributed by atoms with Crippen LogP contribution in [0, 0.1) is 0 Å². The Morgan fingerprint density at radius 3 is 2.54 bits per heavy atom. The number of aromatic amines is 1. The zero-order valence-corrected chi connectivity index (χ0v) is 16.6. The molecule has 1 aromatic heterocycles. The van der Waals surface area contributed by atoms with Crippen LogP contribution in [0.4, 0.5) is 5.69 Å². The summed E-state index contributed by atoms with van der Waals surface area (Å²) in [6.07, 6.45) is 0. The van der Waals surface area contributed by atoms with Gasteiger partial charge in [-0.2, -0.15) is 0 Å². The highest BCUT2D eigenvalue weighted by Gasteiger charge is 2.09. The molecule has 0 spiro atoms. The molecule has 0 saturated heterocycles. The highest BCUT2D eigenvalue weighted by molar-refractivity contribution is 7.99. The third-order valence-electron chi connectivity index (χ3n) is 4.27. The van der Waals surface area contributed by atoms with Crippen molar-refractivity contribution >= 4 is 34.4 Å². The molecule has 0 aliphatic heterocycles. The quantitative estimate of drug-likeness (QED) is 0.414. The number of H-pyrrole nitrogens is 1. The van der Waals surface area contributed by atoms with Crippen molar-refractivity contribution in [2.45, 2.75) is 24.0 Å². The van der Waals surface area contributed by atoms with Crippen LogP contribution in [0.15, 0.2) is 77.7 Å². The number of rotatable bonds is 5. The van der Waals surface area contributed by atoms with E-state index in [2.05, 4.69) is 29.1 Å². The third-order valence-corrected chi connectivity index (χ3v) is 5.29. The van der Waals surface area contributed by atoms with Crippen LogP contribution in [0.5, 0.6) is 0 Å². The number of imidazole rings is 1. The summed E-state index contributed by atoms with van der Waals surface area (Å²) in [5, 5.41) is 3.49. The number of nitrogens with zero attached hydrogens (tertiary/aromatic N) is 1. The molecule has 2 N–H and O–H groups in total. The van der Waals surface area contributed by atoms with Gasteiger partial charge >= 0.3 is 0 Å².